The number of hydrogen-bond acceptors (Lipinski definition) is 3. The van der Waals surface area contributed by atoms with Crippen LogP contribution >= 0.6 is 34.8 Å². The number of halogens is 3. The summed E-state index contributed by atoms with van der Waals surface area (Å²) < 4.78 is 26.9. The SMILES string of the molecule is O=C(O)c1ccc(Cl)c(S(=O)(=O)Nc2cc(Cl)cc(Cl)c2)c1. The summed E-state index contributed by atoms with van der Waals surface area (Å²) in [6, 6.07) is 7.54. The number of aromatic carboxylic acids is 1. The van der Waals surface area contributed by atoms with Crippen molar-refractivity contribution in [3.05, 3.63) is 57.0 Å². The van der Waals surface area contributed by atoms with Crippen molar-refractivity contribution in [3.8, 4) is 0 Å². The smallest absolute Gasteiger partial charge is 0.335 e. The lowest BCUT2D eigenvalue weighted by Crippen LogP contribution is -2.14. The maximum absolute atomic E-state index is 12.3. The van der Waals surface area contributed by atoms with Gasteiger partial charge in [-0.15, -0.1) is 0 Å². The minimum absolute atomic E-state index is 0.106. The van der Waals surface area contributed by atoms with Crippen molar-refractivity contribution < 1.29 is 18.3 Å². The predicted octanol–water partition coefficient (Wildman–Crippen LogP) is 4.15. The van der Waals surface area contributed by atoms with Crippen LogP contribution in [0.2, 0.25) is 15.1 Å². The van der Waals surface area contributed by atoms with Crippen LogP contribution in [0.25, 0.3) is 0 Å². The Hall–Kier alpha value is -1.47. The van der Waals surface area contributed by atoms with Crippen LogP contribution in [0.3, 0.4) is 0 Å². The van der Waals surface area contributed by atoms with Crippen LogP contribution in [0.5, 0.6) is 0 Å². The molecule has 0 spiro atoms. The fourth-order valence-electron chi connectivity index (χ4n) is 1.67. The average Bonchev–Trinajstić information content (AvgIpc) is 2.36. The van der Waals surface area contributed by atoms with Crippen LogP contribution in [0.15, 0.2) is 41.3 Å². The van der Waals surface area contributed by atoms with E-state index in [4.69, 9.17) is 39.9 Å². The van der Waals surface area contributed by atoms with Crippen LogP contribution in [0, 0.1) is 0 Å². The Morgan fingerprint density at radius 3 is 2.14 bits per heavy atom. The van der Waals surface area contributed by atoms with Gasteiger partial charge in [-0.05, 0) is 36.4 Å². The summed E-state index contributed by atoms with van der Waals surface area (Å²) in [5, 5.41) is 9.32. The lowest BCUT2D eigenvalue weighted by Gasteiger charge is -2.11. The third-order valence-corrected chi connectivity index (χ3v) is 4.88. The number of nitrogens with one attached hydrogen (secondary N) is 1. The molecule has 0 amide bonds. The zero-order valence-corrected chi connectivity index (χ0v) is 13.8. The van der Waals surface area contributed by atoms with Gasteiger partial charge in [0.05, 0.1) is 16.3 Å². The first-order valence-electron chi connectivity index (χ1n) is 5.71. The Balaban J connectivity index is 2.46. The third-order valence-electron chi connectivity index (χ3n) is 2.58. The molecule has 0 saturated heterocycles. The Morgan fingerprint density at radius 2 is 1.59 bits per heavy atom. The number of hydrogen-bond donors (Lipinski definition) is 2. The second-order valence-electron chi connectivity index (χ2n) is 4.21. The Labute approximate surface area is 141 Å². The first kappa shape index (κ1) is 16.9. The molecule has 0 atom stereocenters. The normalized spacial score (nSPS) is 11.2. The summed E-state index contributed by atoms with van der Waals surface area (Å²) in [6.45, 7) is 0. The lowest BCUT2D eigenvalue weighted by molar-refractivity contribution is 0.0696. The fourth-order valence-corrected chi connectivity index (χ4v) is 3.76. The summed E-state index contributed by atoms with van der Waals surface area (Å²) in [6.07, 6.45) is 0. The maximum atomic E-state index is 12.3. The second kappa shape index (κ2) is 6.34. The molecule has 2 aromatic rings. The molecule has 0 unspecified atom stereocenters. The molecule has 22 heavy (non-hydrogen) atoms. The molecule has 0 aliphatic rings. The number of rotatable bonds is 4. The standard InChI is InChI=1S/C13H8Cl3NO4S/c14-8-4-9(15)6-10(5-8)17-22(20,21)12-3-7(13(18)19)1-2-11(12)16/h1-6,17H,(H,18,19). The highest BCUT2D eigenvalue weighted by Gasteiger charge is 2.20. The molecule has 0 aliphatic carbocycles. The van der Waals surface area contributed by atoms with Crippen molar-refractivity contribution in [2.75, 3.05) is 4.72 Å². The van der Waals surface area contributed by atoms with Crippen molar-refractivity contribution in [1.82, 2.24) is 0 Å². The van der Waals surface area contributed by atoms with Crippen molar-refractivity contribution >= 4 is 56.5 Å². The summed E-state index contributed by atoms with van der Waals surface area (Å²) >= 11 is 17.4. The molecule has 116 valence electrons. The third kappa shape index (κ3) is 3.84. The number of carbonyl (C=O) groups is 1. The fraction of sp³-hybridized carbons (Fsp3) is 0. The van der Waals surface area contributed by atoms with Gasteiger partial charge in [-0.2, -0.15) is 0 Å². The Kier molecular flexibility index (Phi) is 4.87. The van der Waals surface area contributed by atoms with Gasteiger partial charge in [0.15, 0.2) is 0 Å². The molecule has 0 heterocycles. The van der Waals surface area contributed by atoms with Gasteiger partial charge in [-0.1, -0.05) is 34.8 Å². The zero-order chi connectivity index (χ0) is 16.5. The lowest BCUT2D eigenvalue weighted by atomic mass is 10.2. The molecule has 0 aliphatic heterocycles. The molecule has 2 rings (SSSR count). The summed E-state index contributed by atoms with van der Waals surface area (Å²) in [7, 11) is -4.10. The number of anilines is 1. The Morgan fingerprint density at radius 1 is 1.00 bits per heavy atom. The van der Waals surface area contributed by atoms with Crippen LogP contribution in [0.4, 0.5) is 5.69 Å². The van der Waals surface area contributed by atoms with Crippen molar-refractivity contribution in [2.24, 2.45) is 0 Å². The van der Waals surface area contributed by atoms with Crippen molar-refractivity contribution in [1.29, 1.82) is 0 Å². The molecule has 0 bridgehead atoms. The van der Waals surface area contributed by atoms with E-state index in [1.807, 2.05) is 0 Å². The van der Waals surface area contributed by atoms with E-state index in [0.29, 0.717) is 0 Å². The largest absolute Gasteiger partial charge is 0.478 e. The molecule has 9 heteroatoms. The molecule has 0 fully saturated rings. The van der Waals surface area contributed by atoms with E-state index in [1.165, 1.54) is 30.3 Å². The number of carboxylic acid groups (broad SMARTS) is 1. The van der Waals surface area contributed by atoms with Gasteiger partial charge in [0, 0.05) is 10.0 Å². The van der Waals surface area contributed by atoms with E-state index in [9.17, 15) is 13.2 Å². The summed E-state index contributed by atoms with van der Waals surface area (Å²) in [4.78, 5) is 10.6. The quantitative estimate of drug-likeness (QED) is 0.835. The van der Waals surface area contributed by atoms with Gasteiger partial charge in [0.1, 0.15) is 4.90 Å². The second-order valence-corrected chi connectivity index (χ2v) is 7.14. The first-order chi connectivity index (χ1) is 10.2. The summed E-state index contributed by atoms with van der Waals surface area (Å²) in [5.41, 5.74) is -0.0665. The maximum Gasteiger partial charge on any atom is 0.335 e. The van der Waals surface area contributed by atoms with Crippen LogP contribution in [0.1, 0.15) is 10.4 Å². The highest BCUT2D eigenvalue weighted by Crippen LogP contribution is 2.28. The highest BCUT2D eigenvalue weighted by atomic mass is 35.5. The van der Waals surface area contributed by atoms with Gasteiger partial charge in [-0.3, -0.25) is 4.72 Å². The Bertz CT molecular complexity index is 832. The number of sulfonamides is 1. The van der Waals surface area contributed by atoms with E-state index in [2.05, 4.69) is 4.72 Å². The van der Waals surface area contributed by atoms with E-state index in [0.717, 1.165) is 6.07 Å². The predicted molar refractivity (Wildman–Crippen MR) is 85.7 cm³/mol. The van der Waals surface area contributed by atoms with Gasteiger partial charge >= 0.3 is 5.97 Å². The molecular formula is C13H8Cl3NO4S. The van der Waals surface area contributed by atoms with E-state index in [1.54, 1.807) is 0 Å². The molecule has 0 radical (unpaired) electrons. The van der Waals surface area contributed by atoms with Crippen LogP contribution < -0.4 is 4.72 Å². The topological polar surface area (TPSA) is 83.5 Å². The molecule has 5 nitrogen and oxygen atoms in total. The van der Waals surface area contributed by atoms with Crippen molar-refractivity contribution in [3.63, 3.8) is 0 Å². The van der Waals surface area contributed by atoms with Crippen LogP contribution in [-0.4, -0.2) is 19.5 Å². The van der Waals surface area contributed by atoms with Gasteiger partial charge in [0.2, 0.25) is 0 Å². The number of benzene rings is 2. The summed E-state index contributed by atoms with van der Waals surface area (Å²) in [5.74, 6) is -1.26. The minimum atomic E-state index is -4.10. The van der Waals surface area contributed by atoms with Crippen LogP contribution in [-0.2, 0) is 10.0 Å². The monoisotopic (exact) mass is 379 g/mol. The van der Waals surface area contributed by atoms with Crippen molar-refractivity contribution in [2.45, 2.75) is 4.90 Å². The highest BCUT2D eigenvalue weighted by molar-refractivity contribution is 7.92. The average molecular weight is 381 g/mol. The van der Waals surface area contributed by atoms with Gasteiger partial charge < -0.3 is 5.11 Å². The molecule has 2 N–H and O–H groups in total. The molecule has 0 aromatic heterocycles. The zero-order valence-electron chi connectivity index (χ0n) is 10.7. The molecular weight excluding hydrogens is 373 g/mol. The van der Waals surface area contributed by atoms with Gasteiger partial charge in [-0.25, -0.2) is 13.2 Å². The number of carboxylic acids is 1. The molecule has 0 saturated carbocycles. The van der Waals surface area contributed by atoms with E-state index < -0.39 is 16.0 Å². The van der Waals surface area contributed by atoms with Gasteiger partial charge in [0.25, 0.3) is 10.0 Å². The van der Waals surface area contributed by atoms with E-state index >= 15 is 0 Å². The first-order valence-corrected chi connectivity index (χ1v) is 8.32. The van der Waals surface area contributed by atoms with E-state index in [-0.39, 0.29) is 31.2 Å². The molecule has 2 aromatic carbocycles. The minimum Gasteiger partial charge on any atom is -0.478 e.